The average Bonchev–Trinajstić information content (AvgIpc) is 3.38. The molecule has 0 radical (unpaired) electrons. The van der Waals surface area contributed by atoms with Crippen LogP contribution in [0.4, 0.5) is 22.0 Å². The minimum absolute atomic E-state index is 0.0948. The monoisotopic (exact) mass is 401 g/mol. The predicted octanol–water partition coefficient (Wildman–Crippen LogP) is 3.24. The molecule has 29 heavy (non-hydrogen) atoms. The molecular weight excluding hydrogens is 374 g/mol. The molecule has 1 saturated carbocycles. The lowest BCUT2D eigenvalue weighted by Gasteiger charge is -2.15. The molecule has 0 atom stereocenters. The van der Waals surface area contributed by atoms with Gasteiger partial charge in [0.1, 0.15) is 12.4 Å². The zero-order valence-corrected chi connectivity index (χ0v) is 16.5. The SMILES string of the molecule is COCCOC(=O)Nc1cccc(NCC(=O)Nc2ccnn2C2CCCC2)c1. The summed E-state index contributed by atoms with van der Waals surface area (Å²) in [7, 11) is 1.54. The van der Waals surface area contributed by atoms with Crippen LogP contribution in [0.2, 0.25) is 0 Å². The Balaban J connectivity index is 1.48. The molecule has 1 aliphatic carbocycles. The predicted molar refractivity (Wildman–Crippen MR) is 110 cm³/mol. The van der Waals surface area contributed by atoms with Crippen LogP contribution in [0.15, 0.2) is 36.5 Å². The zero-order valence-electron chi connectivity index (χ0n) is 16.5. The summed E-state index contributed by atoms with van der Waals surface area (Å²) in [6, 6.07) is 9.24. The second kappa shape index (κ2) is 10.5. The third kappa shape index (κ3) is 6.21. The summed E-state index contributed by atoms with van der Waals surface area (Å²) < 4.78 is 11.7. The Bertz CT molecular complexity index is 817. The fraction of sp³-hybridized carbons (Fsp3) is 0.450. The van der Waals surface area contributed by atoms with Gasteiger partial charge in [-0.15, -0.1) is 0 Å². The Morgan fingerprint density at radius 3 is 2.72 bits per heavy atom. The molecule has 3 rings (SSSR count). The van der Waals surface area contributed by atoms with E-state index in [0.717, 1.165) is 18.7 Å². The Morgan fingerprint density at radius 1 is 1.14 bits per heavy atom. The number of carbonyl (C=O) groups is 2. The fourth-order valence-electron chi connectivity index (χ4n) is 3.30. The number of hydrogen-bond acceptors (Lipinski definition) is 6. The summed E-state index contributed by atoms with van der Waals surface area (Å²) in [6.45, 7) is 0.610. The van der Waals surface area contributed by atoms with Gasteiger partial charge in [0.15, 0.2) is 0 Å². The molecule has 1 fully saturated rings. The molecule has 0 saturated heterocycles. The zero-order chi connectivity index (χ0) is 20.5. The van der Waals surface area contributed by atoms with E-state index in [4.69, 9.17) is 9.47 Å². The van der Waals surface area contributed by atoms with Gasteiger partial charge in [0.25, 0.3) is 0 Å². The quantitative estimate of drug-likeness (QED) is 0.557. The number of hydrogen-bond donors (Lipinski definition) is 3. The number of aromatic nitrogens is 2. The maximum Gasteiger partial charge on any atom is 0.411 e. The molecule has 1 aliphatic rings. The van der Waals surface area contributed by atoms with Gasteiger partial charge < -0.3 is 20.1 Å². The van der Waals surface area contributed by atoms with Gasteiger partial charge in [0.05, 0.1) is 25.4 Å². The van der Waals surface area contributed by atoms with E-state index in [2.05, 4.69) is 21.0 Å². The molecule has 9 heteroatoms. The van der Waals surface area contributed by atoms with E-state index >= 15 is 0 Å². The Morgan fingerprint density at radius 2 is 1.93 bits per heavy atom. The van der Waals surface area contributed by atoms with Crippen molar-refractivity contribution in [3.05, 3.63) is 36.5 Å². The number of nitrogens with one attached hydrogen (secondary N) is 3. The first-order valence-corrected chi connectivity index (χ1v) is 9.75. The smallest absolute Gasteiger partial charge is 0.411 e. The van der Waals surface area contributed by atoms with Gasteiger partial charge in [-0.3, -0.25) is 10.1 Å². The first-order valence-electron chi connectivity index (χ1n) is 9.75. The third-order valence-electron chi connectivity index (χ3n) is 4.69. The van der Waals surface area contributed by atoms with E-state index in [9.17, 15) is 9.59 Å². The Hall–Kier alpha value is -3.07. The van der Waals surface area contributed by atoms with E-state index in [1.165, 1.54) is 20.0 Å². The van der Waals surface area contributed by atoms with Crippen molar-refractivity contribution >= 4 is 29.2 Å². The highest BCUT2D eigenvalue weighted by atomic mass is 16.6. The number of methoxy groups -OCH3 is 1. The highest BCUT2D eigenvalue weighted by molar-refractivity contribution is 5.93. The number of carbonyl (C=O) groups excluding carboxylic acids is 2. The van der Waals surface area contributed by atoms with Crippen molar-refractivity contribution in [3.8, 4) is 0 Å². The van der Waals surface area contributed by atoms with Crippen molar-refractivity contribution in [1.29, 1.82) is 0 Å². The summed E-state index contributed by atoms with van der Waals surface area (Å²) in [5, 5.41) is 13.0. The molecule has 0 bridgehead atoms. The second-order valence-corrected chi connectivity index (χ2v) is 6.84. The van der Waals surface area contributed by atoms with Crippen LogP contribution in [0.25, 0.3) is 0 Å². The van der Waals surface area contributed by atoms with Crippen LogP contribution >= 0.6 is 0 Å². The summed E-state index contributed by atoms with van der Waals surface area (Å²) in [5.41, 5.74) is 1.27. The lowest BCUT2D eigenvalue weighted by molar-refractivity contribution is -0.114. The average molecular weight is 401 g/mol. The largest absolute Gasteiger partial charge is 0.447 e. The van der Waals surface area contributed by atoms with Crippen LogP contribution in [0.3, 0.4) is 0 Å². The molecule has 2 amide bonds. The lowest BCUT2D eigenvalue weighted by Crippen LogP contribution is -2.24. The maximum atomic E-state index is 12.3. The number of anilines is 3. The lowest BCUT2D eigenvalue weighted by atomic mass is 10.2. The second-order valence-electron chi connectivity index (χ2n) is 6.84. The van der Waals surface area contributed by atoms with Gasteiger partial charge in [-0.2, -0.15) is 5.10 Å². The van der Waals surface area contributed by atoms with Gasteiger partial charge in [0, 0.05) is 24.6 Å². The van der Waals surface area contributed by atoms with Crippen molar-refractivity contribution in [3.63, 3.8) is 0 Å². The van der Waals surface area contributed by atoms with Gasteiger partial charge in [-0.05, 0) is 31.0 Å². The number of amides is 2. The van der Waals surface area contributed by atoms with Crippen molar-refractivity contribution < 1.29 is 19.1 Å². The Kier molecular flexibility index (Phi) is 7.46. The van der Waals surface area contributed by atoms with Gasteiger partial charge >= 0.3 is 6.09 Å². The van der Waals surface area contributed by atoms with E-state index in [-0.39, 0.29) is 19.1 Å². The van der Waals surface area contributed by atoms with Crippen LogP contribution in [-0.2, 0) is 14.3 Å². The van der Waals surface area contributed by atoms with E-state index in [0.29, 0.717) is 24.0 Å². The third-order valence-corrected chi connectivity index (χ3v) is 4.69. The van der Waals surface area contributed by atoms with E-state index < -0.39 is 6.09 Å². The summed E-state index contributed by atoms with van der Waals surface area (Å²) in [4.78, 5) is 24.0. The van der Waals surface area contributed by atoms with Crippen molar-refractivity contribution in [2.24, 2.45) is 0 Å². The molecule has 1 aromatic carbocycles. The summed E-state index contributed by atoms with van der Waals surface area (Å²) in [6.07, 6.45) is 5.74. The molecule has 1 heterocycles. The molecular formula is C20H27N5O4. The minimum Gasteiger partial charge on any atom is -0.447 e. The summed E-state index contributed by atoms with van der Waals surface area (Å²) in [5.74, 6) is 0.556. The molecule has 0 unspecified atom stereocenters. The topological polar surface area (TPSA) is 107 Å². The van der Waals surface area contributed by atoms with Crippen LogP contribution in [0, 0.1) is 0 Å². The molecule has 0 spiro atoms. The van der Waals surface area contributed by atoms with Crippen LogP contribution in [0.5, 0.6) is 0 Å². The van der Waals surface area contributed by atoms with Crippen LogP contribution in [0.1, 0.15) is 31.7 Å². The Labute approximate surface area is 169 Å². The van der Waals surface area contributed by atoms with E-state index in [1.807, 2.05) is 16.8 Å². The maximum absolute atomic E-state index is 12.3. The highest BCUT2D eigenvalue weighted by Gasteiger charge is 2.20. The van der Waals surface area contributed by atoms with E-state index in [1.54, 1.807) is 24.4 Å². The number of benzene rings is 1. The van der Waals surface area contributed by atoms with Crippen LogP contribution < -0.4 is 16.0 Å². The van der Waals surface area contributed by atoms with Gasteiger partial charge in [0.2, 0.25) is 5.91 Å². The number of rotatable bonds is 9. The van der Waals surface area contributed by atoms with Crippen LogP contribution in [-0.4, -0.2) is 48.6 Å². The molecule has 0 aliphatic heterocycles. The first-order chi connectivity index (χ1) is 14.2. The minimum atomic E-state index is -0.558. The van der Waals surface area contributed by atoms with Crippen molar-refractivity contribution in [2.75, 3.05) is 42.8 Å². The van der Waals surface area contributed by atoms with Gasteiger partial charge in [-0.1, -0.05) is 18.9 Å². The molecule has 156 valence electrons. The van der Waals surface area contributed by atoms with Crippen molar-refractivity contribution in [2.45, 2.75) is 31.7 Å². The molecule has 2 aromatic rings. The fourth-order valence-corrected chi connectivity index (χ4v) is 3.30. The first kappa shape index (κ1) is 20.7. The van der Waals surface area contributed by atoms with Crippen molar-refractivity contribution in [1.82, 2.24) is 9.78 Å². The molecule has 1 aromatic heterocycles. The molecule has 9 nitrogen and oxygen atoms in total. The van der Waals surface area contributed by atoms with Gasteiger partial charge in [-0.25, -0.2) is 9.48 Å². The number of nitrogens with zero attached hydrogens (tertiary/aromatic N) is 2. The normalized spacial score (nSPS) is 13.8. The highest BCUT2D eigenvalue weighted by Crippen LogP contribution is 2.31. The standard InChI is InChI=1S/C20H27N5O4/c1-28-11-12-29-20(27)23-16-6-4-5-15(13-16)21-14-19(26)24-18-9-10-22-25(18)17-7-2-3-8-17/h4-6,9-10,13,17,21H,2-3,7-8,11-12,14H2,1H3,(H,23,27)(H,24,26). The molecule has 3 N–H and O–H groups in total. The summed E-state index contributed by atoms with van der Waals surface area (Å²) >= 11 is 0. The number of ether oxygens (including phenoxy) is 2.